The van der Waals surface area contributed by atoms with Gasteiger partial charge in [-0.05, 0) is 6.07 Å². The molecule has 0 unspecified atom stereocenters. The number of hydrogen-bond donors (Lipinski definition) is 1. The molecule has 0 aromatic carbocycles. The van der Waals surface area contributed by atoms with Crippen LogP contribution in [0.5, 0.6) is 0 Å². The zero-order valence-electron chi connectivity index (χ0n) is 8.75. The lowest BCUT2D eigenvalue weighted by Gasteiger charge is -2.04. The molecule has 0 spiro atoms. The topological polar surface area (TPSA) is 79.4 Å². The summed E-state index contributed by atoms with van der Waals surface area (Å²) in [6.07, 6.45) is 4.83. The monoisotopic (exact) mass is 214 g/mol. The molecule has 2 heterocycles. The zero-order valence-corrected chi connectivity index (χ0v) is 8.75. The lowest BCUT2D eigenvalue weighted by atomic mass is 10.2. The Balaban J connectivity index is 2.08. The summed E-state index contributed by atoms with van der Waals surface area (Å²) in [5, 5.41) is 16.1. The number of nitriles is 1. The van der Waals surface area contributed by atoms with Gasteiger partial charge in [0, 0.05) is 13.2 Å². The van der Waals surface area contributed by atoms with E-state index in [1.165, 1.54) is 0 Å². The van der Waals surface area contributed by atoms with E-state index in [9.17, 15) is 0 Å². The third-order valence-corrected chi connectivity index (χ3v) is 2.03. The first kappa shape index (κ1) is 10.1. The van der Waals surface area contributed by atoms with Crippen LogP contribution >= 0.6 is 0 Å². The Bertz CT molecular complexity index is 524. The Morgan fingerprint density at radius 3 is 3.12 bits per heavy atom. The van der Waals surface area contributed by atoms with E-state index in [-0.39, 0.29) is 0 Å². The molecule has 0 amide bonds. The summed E-state index contributed by atoms with van der Waals surface area (Å²) in [4.78, 5) is 8.02. The Morgan fingerprint density at radius 2 is 2.44 bits per heavy atom. The van der Waals surface area contributed by atoms with Crippen molar-refractivity contribution in [1.29, 1.82) is 5.26 Å². The van der Waals surface area contributed by atoms with Crippen LogP contribution in [0, 0.1) is 11.3 Å². The second-order valence-electron chi connectivity index (χ2n) is 3.22. The molecule has 2 aromatic rings. The maximum absolute atomic E-state index is 8.87. The van der Waals surface area contributed by atoms with Gasteiger partial charge in [-0.3, -0.25) is 9.67 Å². The molecule has 0 radical (unpaired) electrons. The maximum Gasteiger partial charge on any atom is 0.169 e. The third-order valence-electron chi connectivity index (χ3n) is 2.03. The molecule has 0 fully saturated rings. The second-order valence-corrected chi connectivity index (χ2v) is 3.22. The standard InChI is InChI=1S/C10H10N6/c1-16-7-14-10(15-16)6-13-9-5-12-3-2-8(9)4-11/h2-3,5,7,13H,6H2,1H3. The van der Waals surface area contributed by atoms with Gasteiger partial charge in [0.15, 0.2) is 5.82 Å². The number of aromatic nitrogens is 4. The van der Waals surface area contributed by atoms with E-state index in [0.29, 0.717) is 23.6 Å². The maximum atomic E-state index is 8.87. The molecule has 2 rings (SSSR count). The van der Waals surface area contributed by atoms with Crippen LogP contribution in [0.1, 0.15) is 11.4 Å². The highest BCUT2D eigenvalue weighted by atomic mass is 15.3. The molecule has 1 N–H and O–H groups in total. The largest absolute Gasteiger partial charge is 0.375 e. The minimum Gasteiger partial charge on any atom is -0.375 e. The molecule has 0 aliphatic heterocycles. The number of pyridine rings is 1. The molecule has 0 saturated heterocycles. The number of nitrogens with zero attached hydrogens (tertiary/aromatic N) is 5. The van der Waals surface area contributed by atoms with Crippen molar-refractivity contribution in [3.8, 4) is 6.07 Å². The first-order chi connectivity index (χ1) is 7.79. The molecule has 0 aliphatic rings. The molecular weight excluding hydrogens is 204 g/mol. The van der Waals surface area contributed by atoms with Crippen LogP contribution in [-0.2, 0) is 13.6 Å². The predicted octanol–water partition coefficient (Wildman–Crippen LogP) is 0.694. The van der Waals surface area contributed by atoms with Crippen LogP contribution in [0.25, 0.3) is 0 Å². The highest BCUT2D eigenvalue weighted by molar-refractivity contribution is 5.55. The fourth-order valence-electron chi connectivity index (χ4n) is 1.27. The summed E-state index contributed by atoms with van der Waals surface area (Å²) in [7, 11) is 1.81. The molecule has 80 valence electrons. The third kappa shape index (κ3) is 2.15. The van der Waals surface area contributed by atoms with Crippen LogP contribution in [0.3, 0.4) is 0 Å². The van der Waals surface area contributed by atoms with Gasteiger partial charge in [0.25, 0.3) is 0 Å². The van der Waals surface area contributed by atoms with E-state index in [0.717, 1.165) is 0 Å². The Kier molecular flexibility index (Phi) is 2.78. The SMILES string of the molecule is Cn1cnc(CNc2cnccc2C#N)n1. The van der Waals surface area contributed by atoms with E-state index in [4.69, 9.17) is 5.26 Å². The van der Waals surface area contributed by atoms with Crippen molar-refractivity contribution in [2.45, 2.75) is 6.54 Å². The lowest BCUT2D eigenvalue weighted by Crippen LogP contribution is -2.04. The molecule has 0 aliphatic carbocycles. The highest BCUT2D eigenvalue weighted by Crippen LogP contribution is 2.12. The van der Waals surface area contributed by atoms with Crippen molar-refractivity contribution in [3.05, 3.63) is 36.2 Å². The van der Waals surface area contributed by atoms with Crippen molar-refractivity contribution in [2.24, 2.45) is 7.05 Å². The molecule has 6 heteroatoms. The van der Waals surface area contributed by atoms with Crippen molar-refractivity contribution in [2.75, 3.05) is 5.32 Å². The number of aryl methyl sites for hydroxylation is 1. The molecule has 0 atom stereocenters. The van der Waals surface area contributed by atoms with Gasteiger partial charge in [0.2, 0.25) is 0 Å². The van der Waals surface area contributed by atoms with Gasteiger partial charge in [-0.2, -0.15) is 10.4 Å². The van der Waals surface area contributed by atoms with Gasteiger partial charge < -0.3 is 5.32 Å². The number of hydrogen-bond acceptors (Lipinski definition) is 5. The summed E-state index contributed by atoms with van der Waals surface area (Å²) in [5.74, 6) is 0.676. The highest BCUT2D eigenvalue weighted by Gasteiger charge is 2.02. The Labute approximate surface area is 92.6 Å². The van der Waals surface area contributed by atoms with Crippen LogP contribution in [0.4, 0.5) is 5.69 Å². The molecule has 6 nitrogen and oxygen atoms in total. The van der Waals surface area contributed by atoms with Crippen LogP contribution in [-0.4, -0.2) is 19.7 Å². The zero-order chi connectivity index (χ0) is 11.4. The average Bonchev–Trinajstić information content (AvgIpc) is 2.73. The van der Waals surface area contributed by atoms with Gasteiger partial charge in [-0.25, -0.2) is 4.98 Å². The van der Waals surface area contributed by atoms with Crippen LogP contribution < -0.4 is 5.32 Å². The number of nitrogens with one attached hydrogen (secondary N) is 1. The minimum atomic E-state index is 0.473. The summed E-state index contributed by atoms with van der Waals surface area (Å²) >= 11 is 0. The summed E-state index contributed by atoms with van der Waals surface area (Å²) in [5.41, 5.74) is 1.25. The van der Waals surface area contributed by atoms with E-state index in [2.05, 4.69) is 26.5 Å². The second kappa shape index (κ2) is 4.40. The first-order valence-electron chi connectivity index (χ1n) is 4.72. The molecule has 0 bridgehead atoms. The normalized spacial score (nSPS) is 9.75. The van der Waals surface area contributed by atoms with Crippen molar-refractivity contribution in [3.63, 3.8) is 0 Å². The predicted molar refractivity (Wildman–Crippen MR) is 57.3 cm³/mol. The molecule has 0 saturated carbocycles. The molecule has 16 heavy (non-hydrogen) atoms. The fourth-order valence-corrected chi connectivity index (χ4v) is 1.27. The van der Waals surface area contributed by atoms with Gasteiger partial charge in [0.1, 0.15) is 12.4 Å². The Morgan fingerprint density at radius 1 is 1.56 bits per heavy atom. The van der Waals surface area contributed by atoms with Crippen molar-refractivity contribution in [1.82, 2.24) is 19.7 Å². The smallest absolute Gasteiger partial charge is 0.169 e. The van der Waals surface area contributed by atoms with E-state index in [1.54, 1.807) is 36.5 Å². The lowest BCUT2D eigenvalue weighted by molar-refractivity contribution is 0.747. The summed E-state index contributed by atoms with van der Waals surface area (Å²) < 4.78 is 1.63. The number of rotatable bonds is 3. The average molecular weight is 214 g/mol. The van der Waals surface area contributed by atoms with Gasteiger partial charge in [0.05, 0.1) is 24.0 Å². The quantitative estimate of drug-likeness (QED) is 0.813. The van der Waals surface area contributed by atoms with Crippen molar-refractivity contribution >= 4 is 5.69 Å². The van der Waals surface area contributed by atoms with E-state index in [1.807, 2.05) is 0 Å². The summed E-state index contributed by atoms with van der Waals surface area (Å²) in [6, 6.07) is 3.75. The minimum absolute atomic E-state index is 0.473. The summed E-state index contributed by atoms with van der Waals surface area (Å²) in [6.45, 7) is 0.473. The van der Waals surface area contributed by atoms with Crippen LogP contribution in [0.2, 0.25) is 0 Å². The first-order valence-corrected chi connectivity index (χ1v) is 4.72. The van der Waals surface area contributed by atoms with Crippen LogP contribution in [0.15, 0.2) is 24.8 Å². The van der Waals surface area contributed by atoms with Gasteiger partial charge in [-0.15, -0.1) is 0 Å². The Hall–Kier alpha value is -2.42. The fraction of sp³-hybridized carbons (Fsp3) is 0.200. The van der Waals surface area contributed by atoms with E-state index < -0.39 is 0 Å². The number of anilines is 1. The van der Waals surface area contributed by atoms with Gasteiger partial charge in [-0.1, -0.05) is 0 Å². The van der Waals surface area contributed by atoms with E-state index >= 15 is 0 Å². The van der Waals surface area contributed by atoms with Gasteiger partial charge >= 0.3 is 0 Å². The molecular formula is C10H10N6. The molecule has 2 aromatic heterocycles. The van der Waals surface area contributed by atoms with Crippen molar-refractivity contribution < 1.29 is 0 Å².